The van der Waals surface area contributed by atoms with Crippen LogP contribution in [0.3, 0.4) is 0 Å². The number of nitrogens with one attached hydrogen (secondary N) is 1. The van der Waals surface area contributed by atoms with Crippen LogP contribution in [0.2, 0.25) is 0 Å². The Hall–Kier alpha value is -2.59. The fourth-order valence-electron chi connectivity index (χ4n) is 4.75. The van der Waals surface area contributed by atoms with Crippen LogP contribution in [-0.2, 0) is 13.0 Å². The molecule has 3 aromatic rings. The fraction of sp³-hybridized carbons (Fsp3) is 0.375. The highest BCUT2D eigenvalue weighted by Crippen LogP contribution is 2.39. The number of hydrogen-bond acceptors (Lipinski definition) is 3. The molecule has 5 rings (SSSR count). The Morgan fingerprint density at radius 1 is 1.04 bits per heavy atom. The van der Waals surface area contributed by atoms with Crippen molar-refractivity contribution in [1.29, 1.82) is 0 Å². The first-order valence-corrected chi connectivity index (χ1v) is 10.5. The largest absolute Gasteiger partial charge is 0.369 e. The van der Waals surface area contributed by atoms with Crippen LogP contribution < -0.4 is 5.32 Å². The smallest absolute Gasteiger partial charge is 0.133 e. The van der Waals surface area contributed by atoms with Crippen molar-refractivity contribution in [2.45, 2.75) is 45.2 Å². The van der Waals surface area contributed by atoms with Crippen molar-refractivity contribution < 1.29 is 0 Å². The van der Waals surface area contributed by atoms with E-state index in [0.717, 1.165) is 26.1 Å². The van der Waals surface area contributed by atoms with Crippen molar-refractivity contribution in [2.24, 2.45) is 0 Å². The van der Waals surface area contributed by atoms with Crippen LogP contribution in [0.15, 0.2) is 54.6 Å². The average molecular weight is 373 g/mol. The minimum atomic E-state index is 0.410. The molecule has 3 heterocycles. The standard InChI is InChI=1S/C24H28N4/c1-18-9-5-6-12-21(18)28-24-20(14-15-25-24)23(26-28)22-13-7-8-16-27(22)17-19-10-3-2-4-11-19/h2-6,9-12,22,25H,7-8,13-17H2,1H3. The molecule has 1 fully saturated rings. The minimum Gasteiger partial charge on any atom is -0.369 e. The second kappa shape index (κ2) is 7.44. The lowest BCUT2D eigenvalue weighted by Crippen LogP contribution is -2.33. The average Bonchev–Trinajstić information content (AvgIpc) is 3.33. The Labute approximate surface area is 167 Å². The Morgan fingerprint density at radius 2 is 1.86 bits per heavy atom. The summed E-state index contributed by atoms with van der Waals surface area (Å²) in [4.78, 5) is 2.64. The van der Waals surface area contributed by atoms with E-state index in [0.29, 0.717) is 6.04 Å². The molecule has 1 atom stereocenters. The summed E-state index contributed by atoms with van der Waals surface area (Å²) in [5, 5.41) is 8.79. The first-order chi connectivity index (χ1) is 13.8. The summed E-state index contributed by atoms with van der Waals surface area (Å²) < 4.78 is 2.16. The van der Waals surface area contributed by atoms with Gasteiger partial charge in [0.15, 0.2) is 0 Å². The molecule has 0 amide bonds. The zero-order valence-corrected chi connectivity index (χ0v) is 16.6. The van der Waals surface area contributed by atoms with Crippen molar-refractivity contribution in [1.82, 2.24) is 14.7 Å². The van der Waals surface area contributed by atoms with Gasteiger partial charge in [-0.05, 0) is 49.9 Å². The van der Waals surface area contributed by atoms with E-state index in [-0.39, 0.29) is 0 Å². The molecule has 2 aliphatic heterocycles. The lowest BCUT2D eigenvalue weighted by molar-refractivity contribution is 0.136. The number of para-hydroxylation sites is 1. The zero-order valence-electron chi connectivity index (χ0n) is 16.6. The highest BCUT2D eigenvalue weighted by atomic mass is 15.4. The van der Waals surface area contributed by atoms with Gasteiger partial charge >= 0.3 is 0 Å². The van der Waals surface area contributed by atoms with Gasteiger partial charge in [-0.2, -0.15) is 5.10 Å². The van der Waals surface area contributed by atoms with Crippen molar-refractivity contribution in [3.05, 3.63) is 77.0 Å². The minimum absolute atomic E-state index is 0.410. The van der Waals surface area contributed by atoms with E-state index in [2.05, 4.69) is 76.4 Å². The summed E-state index contributed by atoms with van der Waals surface area (Å²) in [7, 11) is 0. The van der Waals surface area contributed by atoms with Gasteiger partial charge < -0.3 is 5.32 Å². The molecule has 0 saturated carbocycles. The maximum atomic E-state index is 5.19. The van der Waals surface area contributed by atoms with Gasteiger partial charge in [-0.15, -0.1) is 0 Å². The number of aromatic nitrogens is 2. The van der Waals surface area contributed by atoms with E-state index in [4.69, 9.17) is 5.10 Å². The van der Waals surface area contributed by atoms with Gasteiger partial charge in [0, 0.05) is 18.7 Å². The monoisotopic (exact) mass is 372 g/mol. The number of aryl methyl sites for hydroxylation is 1. The van der Waals surface area contributed by atoms with Crippen LogP contribution in [0.5, 0.6) is 0 Å². The molecule has 0 aliphatic carbocycles. The Bertz CT molecular complexity index is 960. The number of fused-ring (bicyclic) bond motifs is 1. The summed E-state index contributed by atoms with van der Waals surface area (Å²) in [6.45, 7) is 5.34. The summed E-state index contributed by atoms with van der Waals surface area (Å²) in [5.41, 5.74) is 6.55. The molecular weight excluding hydrogens is 344 g/mol. The quantitative estimate of drug-likeness (QED) is 0.709. The second-order valence-corrected chi connectivity index (χ2v) is 8.06. The van der Waals surface area contributed by atoms with Crippen LogP contribution in [0.4, 0.5) is 5.82 Å². The third-order valence-corrected chi connectivity index (χ3v) is 6.18. The number of benzene rings is 2. The number of rotatable bonds is 4. The molecule has 0 spiro atoms. The van der Waals surface area contributed by atoms with E-state index in [9.17, 15) is 0 Å². The Kier molecular flexibility index (Phi) is 4.65. The molecule has 28 heavy (non-hydrogen) atoms. The SMILES string of the molecule is Cc1ccccc1-n1nc(C2CCCCN2Cc2ccccc2)c2c1NCC2. The summed E-state index contributed by atoms with van der Waals surface area (Å²) in [6.07, 6.45) is 4.84. The third-order valence-electron chi connectivity index (χ3n) is 6.18. The van der Waals surface area contributed by atoms with Gasteiger partial charge in [-0.3, -0.25) is 4.90 Å². The van der Waals surface area contributed by atoms with Gasteiger partial charge in [-0.25, -0.2) is 4.68 Å². The van der Waals surface area contributed by atoms with Gasteiger partial charge in [0.25, 0.3) is 0 Å². The Morgan fingerprint density at radius 3 is 2.71 bits per heavy atom. The predicted molar refractivity (Wildman–Crippen MR) is 114 cm³/mol. The second-order valence-electron chi connectivity index (χ2n) is 8.06. The van der Waals surface area contributed by atoms with Crippen LogP contribution in [-0.4, -0.2) is 27.8 Å². The molecule has 2 aromatic carbocycles. The molecule has 1 aromatic heterocycles. The van der Waals surface area contributed by atoms with E-state index in [1.165, 1.54) is 53.2 Å². The van der Waals surface area contributed by atoms with Crippen LogP contribution in [0.1, 0.15) is 47.7 Å². The third kappa shape index (κ3) is 3.12. The highest BCUT2D eigenvalue weighted by Gasteiger charge is 2.32. The molecule has 1 N–H and O–H groups in total. The first kappa shape index (κ1) is 17.5. The molecule has 0 radical (unpaired) electrons. The van der Waals surface area contributed by atoms with E-state index < -0.39 is 0 Å². The number of nitrogens with zero attached hydrogens (tertiary/aromatic N) is 3. The molecule has 4 nitrogen and oxygen atoms in total. The lowest BCUT2D eigenvalue weighted by Gasteiger charge is -2.35. The highest BCUT2D eigenvalue weighted by molar-refractivity contribution is 5.59. The van der Waals surface area contributed by atoms with Gasteiger partial charge in [0.05, 0.1) is 17.4 Å². The summed E-state index contributed by atoms with van der Waals surface area (Å²) >= 11 is 0. The van der Waals surface area contributed by atoms with Crippen LogP contribution in [0, 0.1) is 6.92 Å². The number of anilines is 1. The van der Waals surface area contributed by atoms with Crippen LogP contribution in [0.25, 0.3) is 5.69 Å². The molecule has 0 bridgehead atoms. The molecule has 1 saturated heterocycles. The lowest BCUT2D eigenvalue weighted by atomic mass is 9.95. The zero-order chi connectivity index (χ0) is 18.9. The van der Waals surface area contributed by atoms with Gasteiger partial charge in [0.2, 0.25) is 0 Å². The molecule has 2 aliphatic rings. The topological polar surface area (TPSA) is 33.1 Å². The molecule has 1 unspecified atom stereocenters. The predicted octanol–water partition coefficient (Wildman–Crippen LogP) is 4.88. The van der Waals surface area contributed by atoms with E-state index in [1.54, 1.807) is 0 Å². The van der Waals surface area contributed by atoms with Gasteiger partial charge in [0.1, 0.15) is 5.82 Å². The molecule has 4 heteroatoms. The van der Waals surface area contributed by atoms with Crippen molar-refractivity contribution in [2.75, 3.05) is 18.4 Å². The van der Waals surface area contributed by atoms with Crippen LogP contribution >= 0.6 is 0 Å². The van der Waals surface area contributed by atoms with Crippen molar-refractivity contribution in [3.8, 4) is 5.69 Å². The number of likely N-dealkylation sites (tertiary alicyclic amines) is 1. The summed E-state index contributed by atoms with van der Waals surface area (Å²) in [5.74, 6) is 1.20. The Balaban J connectivity index is 1.53. The maximum Gasteiger partial charge on any atom is 0.133 e. The normalized spacial score (nSPS) is 19.4. The first-order valence-electron chi connectivity index (χ1n) is 10.5. The van der Waals surface area contributed by atoms with Crippen molar-refractivity contribution in [3.63, 3.8) is 0 Å². The van der Waals surface area contributed by atoms with Crippen molar-refractivity contribution >= 4 is 5.82 Å². The molecule has 144 valence electrons. The molecular formula is C24H28N4. The number of piperidine rings is 1. The fourth-order valence-corrected chi connectivity index (χ4v) is 4.75. The maximum absolute atomic E-state index is 5.19. The van der Waals surface area contributed by atoms with E-state index in [1.807, 2.05) is 0 Å². The van der Waals surface area contributed by atoms with E-state index >= 15 is 0 Å². The van der Waals surface area contributed by atoms with Gasteiger partial charge in [-0.1, -0.05) is 55.0 Å². The summed E-state index contributed by atoms with van der Waals surface area (Å²) in [6, 6.07) is 19.8. The number of hydrogen-bond donors (Lipinski definition) is 1.